The average Bonchev–Trinajstić information content (AvgIpc) is 3.46. The van der Waals surface area contributed by atoms with Gasteiger partial charge < -0.3 is 24.1 Å². The molecule has 0 unspecified atom stereocenters. The fraction of sp³-hybridized carbons (Fsp3) is 0.156. The van der Waals surface area contributed by atoms with Crippen molar-refractivity contribution in [2.45, 2.75) is 19.4 Å². The fourth-order valence-electron chi connectivity index (χ4n) is 5.17. The minimum absolute atomic E-state index is 0.0114. The number of hydrogen-bond acceptors (Lipinski definition) is 6. The van der Waals surface area contributed by atoms with Crippen LogP contribution < -0.4 is 25.0 Å². The molecule has 0 fully saturated rings. The number of carbonyl (C=O) groups excluding carboxylic acids is 1. The predicted molar refractivity (Wildman–Crippen MR) is 154 cm³/mol. The summed E-state index contributed by atoms with van der Waals surface area (Å²) in [6.45, 7) is 0.646. The number of ether oxygens (including phenoxy) is 3. The van der Waals surface area contributed by atoms with Crippen LogP contribution in [0.3, 0.4) is 0 Å². The fourth-order valence-corrected chi connectivity index (χ4v) is 5.17. The van der Waals surface area contributed by atoms with Crippen molar-refractivity contribution >= 4 is 22.5 Å². The van der Waals surface area contributed by atoms with E-state index in [1.54, 1.807) is 24.4 Å². The number of aromatic nitrogens is 2. The summed E-state index contributed by atoms with van der Waals surface area (Å²) in [5, 5.41) is 3.24. The highest BCUT2D eigenvalue weighted by Crippen LogP contribution is 2.37. The molecule has 1 amide bonds. The molecule has 2 aromatic heterocycles. The van der Waals surface area contributed by atoms with Crippen LogP contribution in [0.25, 0.3) is 22.0 Å². The molecule has 3 heterocycles. The van der Waals surface area contributed by atoms with Crippen LogP contribution in [0, 0.1) is 11.6 Å². The molecule has 8 nitrogen and oxygen atoms in total. The van der Waals surface area contributed by atoms with Gasteiger partial charge in [-0.2, -0.15) is 0 Å². The molecule has 1 aliphatic rings. The molecule has 0 saturated carbocycles. The van der Waals surface area contributed by atoms with Crippen LogP contribution >= 0.6 is 0 Å². The van der Waals surface area contributed by atoms with Crippen LogP contribution in [0.15, 0.2) is 77.9 Å². The van der Waals surface area contributed by atoms with E-state index in [1.165, 1.54) is 56.8 Å². The minimum atomic E-state index is -0.722. The highest BCUT2D eigenvalue weighted by molar-refractivity contribution is 6.05. The van der Waals surface area contributed by atoms with Gasteiger partial charge in [0.25, 0.3) is 5.91 Å². The van der Waals surface area contributed by atoms with Crippen molar-refractivity contribution in [1.29, 1.82) is 0 Å². The zero-order chi connectivity index (χ0) is 29.4. The van der Waals surface area contributed by atoms with Gasteiger partial charge in [0.2, 0.25) is 5.43 Å². The Hall–Kier alpha value is -5.25. The van der Waals surface area contributed by atoms with Gasteiger partial charge in [0.1, 0.15) is 17.1 Å². The second-order valence-corrected chi connectivity index (χ2v) is 9.73. The summed E-state index contributed by atoms with van der Waals surface area (Å²) in [6, 6.07) is 14.5. The highest BCUT2D eigenvalue weighted by Gasteiger charge is 2.25. The number of halogens is 2. The van der Waals surface area contributed by atoms with E-state index in [0.717, 1.165) is 12.5 Å². The molecule has 0 spiro atoms. The zero-order valence-electron chi connectivity index (χ0n) is 22.7. The van der Waals surface area contributed by atoms with Crippen molar-refractivity contribution in [1.82, 2.24) is 9.55 Å². The molecule has 0 atom stereocenters. The Kier molecular flexibility index (Phi) is 7.03. The number of hydrogen-bond donors (Lipinski definition) is 1. The molecule has 5 aromatic rings. The minimum Gasteiger partial charge on any atom is -0.493 e. The van der Waals surface area contributed by atoms with Crippen LogP contribution in [-0.4, -0.2) is 29.7 Å². The lowest BCUT2D eigenvalue weighted by Gasteiger charge is -2.15. The molecule has 10 heteroatoms. The number of benzene rings is 3. The first-order valence-electron chi connectivity index (χ1n) is 13.2. The van der Waals surface area contributed by atoms with Gasteiger partial charge in [-0.3, -0.25) is 14.6 Å². The van der Waals surface area contributed by atoms with Crippen LogP contribution in [0.5, 0.6) is 23.0 Å². The molecule has 42 heavy (non-hydrogen) atoms. The number of pyridine rings is 2. The topological polar surface area (TPSA) is 91.7 Å². The van der Waals surface area contributed by atoms with Crippen LogP contribution in [0.1, 0.15) is 22.5 Å². The first kappa shape index (κ1) is 26.9. The summed E-state index contributed by atoms with van der Waals surface area (Å²) in [7, 11) is 3.03. The SMILES string of the molecule is COc1cc2nccc(Oc3ccc(NC(=O)c4c5n(cc(-c6ccc(F)cc6)c4=O)CCC5)cc3F)c2cc1OC. The van der Waals surface area contributed by atoms with Gasteiger partial charge in [0, 0.05) is 53.4 Å². The quantitative estimate of drug-likeness (QED) is 0.246. The van der Waals surface area contributed by atoms with Gasteiger partial charge in [-0.25, -0.2) is 8.78 Å². The molecular formula is C32H25F2N3O5. The number of fused-ring (bicyclic) bond motifs is 2. The third-order valence-electron chi connectivity index (χ3n) is 7.20. The number of nitrogens with one attached hydrogen (secondary N) is 1. The average molecular weight is 570 g/mol. The monoisotopic (exact) mass is 569 g/mol. The van der Waals surface area contributed by atoms with E-state index < -0.39 is 23.0 Å². The highest BCUT2D eigenvalue weighted by atomic mass is 19.1. The largest absolute Gasteiger partial charge is 0.493 e. The maximum absolute atomic E-state index is 15.2. The molecule has 0 radical (unpaired) electrons. The van der Waals surface area contributed by atoms with E-state index in [1.807, 2.05) is 4.57 Å². The van der Waals surface area contributed by atoms with E-state index in [0.29, 0.717) is 57.9 Å². The van der Waals surface area contributed by atoms with E-state index >= 15 is 4.39 Å². The number of aryl methyl sites for hydroxylation is 1. The van der Waals surface area contributed by atoms with Crippen molar-refractivity contribution in [3.05, 3.63) is 106 Å². The van der Waals surface area contributed by atoms with Crippen LogP contribution in [-0.2, 0) is 13.0 Å². The molecule has 0 bridgehead atoms. The van der Waals surface area contributed by atoms with Crippen LogP contribution in [0.2, 0.25) is 0 Å². The van der Waals surface area contributed by atoms with Gasteiger partial charge in [-0.05, 0) is 54.8 Å². The summed E-state index contributed by atoms with van der Waals surface area (Å²) in [5.41, 5.74) is 1.65. The second kappa shape index (κ2) is 11.0. The first-order chi connectivity index (χ1) is 20.4. The standard InChI is InChI=1S/C32H25F2N3O5/c1-40-28-15-21-24(16-29(28)41-2)35-12-11-26(21)42-27-10-9-20(14-23(27)34)36-32(39)30-25-4-3-13-37(25)17-22(31(30)38)18-5-7-19(33)8-6-18/h5-12,14-17H,3-4,13H2,1-2H3,(H,36,39). The number of carbonyl (C=O) groups is 1. The van der Waals surface area contributed by atoms with Crippen molar-refractivity contribution in [3.63, 3.8) is 0 Å². The predicted octanol–water partition coefficient (Wildman–Crippen LogP) is 6.35. The van der Waals surface area contributed by atoms with Crippen LogP contribution in [0.4, 0.5) is 14.5 Å². The lowest BCUT2D eigenvalue weighted by atomic mass is 10.0. The molecule has 6 rings (SSSR count). The summed E-state index contributed by atoms with van der Waals surface area (Å²) >= 11 is 0. The molecule has 212 valence electrons. The number of nitrogens with zero attached hydrogens (tertiary/aromatic N) is 2. The molecule has 3 aromatic carbocycles. The number of amides is 1. The third-order valence-corrected chi connectivity index (χ3v) is 7.20. The summed E-state index contributed by atoms with van der Waals surface area (Å²) < 4.78 is 47.2. The summed E-state index contributed by atoms with van der Waals surface area (Å²) in [4.78, 5) is 31.2. The Morgan fingerprint density at radius 3 is 2.43 bits per heavy atom. The molecular weight excluding hydrogens is 544 g/mol. The zero-order valence-corrected chi connectivity index (χ0v) is 22.7. The smallest absolute Gasteiger partial charge is 0.261 e. The second-order valence-electron chi connectivity index (χ2n) is 9.73. The van der Waals surface area contributed by atoms with E-state index in [4.69, 9.17) is 14.2 Å². The lowest BCUT2D eigenvalue weighted by molar-refractivity contribution is 0.102. The molecule has 1 aliphatic heterocycles. The van der Waals surface area contributed by atoms with Gasteiger partial charge in [-0.1, -0.05) is 12.1 Å². The number of anilines is 1. The summed E-state index contributed by atoms with van der Waals surface area (Å²) in [6.07, 6.45) is 4.57. The van der Waals surface area contributed by atoms with Gasteiger partial charge >= 0.3 is 0 Å². The van der Waals surface area contributed by atoms with E-state index in [-0.39, 0.29) is 17.0 Å². The van der Waals surface area contributed by atoms with E-state index in [9.17, 15) is 14.0 Å². The Balaban J connectivity index is 1.29. The van der Waals surface area contributed by atoms with Gasteiger partial charge in [-0.15, -0.1) is 0 Å². The van der Waals surface area contributed by atoms with Crippen molar-refractivity contribution < 1.29 is 27.8 Å². The van der Waals surface area contributed by atoms with Crippen molar-refractivity contribution in [2.24, 2.45) is 0 Å². The Bertz CT molecular complexity index is 1900. The Morgan fingerprint density at radius 1 is 0.929 bits per heavy atom. The normalized spacial score (nSPS) is 12.2. The van der Waals surface area contributed by atoms with E-state index in [2.05, 4.69) is 10.3 Å². The molecule has 0 aliphatic carbocycles. The lowest BCUT2D eigenvalue weighted by Crippen LogP contribution is -2.26. The summed E-state index contributed by atoms with van der Waals surface area (Å²) in [5.74, 6) is -0.567. The van der Waals surface area contributed by atoms with Crippen molar-refractivity contribution in [3.8, 4) is 34.1 Å². The van der Waals surface area contributed by atoms with Crippen molar-refractivity contribution in [2.75, 3.05) is 19.5 Å². The van der Waals surface area contributed by atoms with Gasteiger partial charge in [0.05, 0.1) is 19.7 Å². The maximum atomic E-state index is 15.2. The number of rotatable bonds is 7. The first-order valence-corrected chi connectivity index (χ1v) is 13.2. The Morgan fingerprint density at radius 2 is 1.69 bits per heavy atom. The Labute approximate surface area is 239 Å². The number of methoxy groups -OCH3 is 2. The maximum Gasteiger partial charge on any atom is 0.261 e. The molecule has 1 N–H and O–H groups in total. The van der Waals surface area contributed by atoms with Gasteiger partial charge in [0.15, 0.2) is 23.1 Å². The molecule has 0 saturated heterocycles. The third kappa shape index (κ3) is 4.91.